The second-order valence-corrected chi connectivity index (χ2v) is 8.72. The summed E-state index contributed by atoms with van der Waals surface area (Å²) in [6.45, 7) is 0.700. The van der Waals surface area contributed by atoms with Gasteiger partial charge < -0.3 is 20.8 Å². The highest BCUT2D eigenvalue weighted by Crippen LogP contribution is 2.38. The quantitative estimate of drug-likeness (QED) is 0.410. The molecule has 9 heteroatoms. The van der Waals surface area contributed by atoms with Crippen LogP contribution < -0.4 is 10.6 Å². The molecule has 160 valence electrons. The zero-order chi connectivity index (χ0) is 22.2. The topological polar surface area (TPSA) is 124 Å². The minimum atomic E-state index is -0.766. The van der Waals surface area contributed by atoms with Crippen LogP contribution in [0.3, 0.4) is 0 Å². The van der Waals surface area contributed by atoms with Crippen LogP contribution in [0.4, 0.5) is 11.5 Å². The van der Waals surface area contributed by atoms with Crippen molar-refractivity contribution in [3.05, 3.63) is 66.6 Å². The molecule has 1 saturated heterocycles. The van der Waals surface area contributed by atoms with Crippen LogP contribution in [-0.4, -0.2) is 50.1 Å². The van der Waals surface area contributed by atoms with E-state index in [1.807, 2.05) is 53.6 Å². The summed E-state index contributed by atoms with van der Waals surface area (Å²) in [5.74, 6) is 0.697. The maximum atomic E-state index is 9.79. The van der Waals surface area contributed by atoms with E-state index in [-0.39, 0.29) is 0 Å². The molecule has 4 aromatic rings. The molecule has 1 aromatic carbocycles. The Kier molecular flexibility index (Phi) is 5.19. The first-order valence-electron chi connectivity index (χ1n) is 10.0. The smallest absolute Gasteiger partial charge is 0.128 e. The molecule has 4 heterocycles. The summed E-state index contributed by atoms with van der Waals surface area (Å²) in [6, 6.07) is 15.6. The number of anilines is 2. The van der Waals surface area contributed by atoms with Crippen molar-refractivity contribution >= 4 is 28.8 Å². The van der Waals surface area contributed by atoms with Crippen LogP contribution in [0.1, 0.15) is 5.56 Å². The van der Waals surface area contributed by atoms with E-state index < -0.39 is 12.2 Å². The molecule has 1 aliphatic rings. The number of rotatable bonds is 4. The molecule has 8 nitrogen and oxygen atoms in total. The third-order valence-corrected chi connectivity index (χ3v) is 6.62. The van der Waals surface area contributed by atoms with Crippen LogP contribution in [0.15, 0.2) is 70.8 Å². The average molecular weight is 445 g/mol. The molecular weight excluding hydrogens is 424 g/mol. The van der Waals surface area contributed by atoms with Gasteiger partial charge in [-0.25, -0.2) is 9.50 Å². The Morgan fingerprint density at radius 1 is 1.03 bits per heavy atom. The fraction of sp³-hybridized carbons (Fsp3) is 0.174. The number of hydrogen-bond acceptors (Lipinski definition) is 8. The summed E-state index contributed by atoms with van der Waals surface area (Å²) in [5, 5.41) is 33.5. The van der Waals surface area contributed by atoms with Gasteiger partial charge in [-0.05, 0) is 30.3 Å². The SMILES string of the molecule is N#Cc1cnn2cc(-c3ccc(N4C[C@@H](O)[C@@H](O)C4)nc3)cc(Sc3ccccc3N)c12. The normalized spacial score (nSPS) is 18.2. The molecule has 4 N–H and O–H groups in total. The van der Waals surface area contributed by atoms with Crippen molar-refractivity contribution in [3.63, 3.8) is 0 Å². The molecule has 0 bridgehead atoms. The fourth-order valence-electron chi connectivity index (χ4n) is 3.79. The van der Waals surface area contributed by atoms with E-state index in [0.717, 1.165) is 26.4 Å². The molecule has 32 heavy (non-hydrogen) atoms. The predicted molar refractivity (Wildman–Crippen MR) is 122 cm³/mol. The first-order chi connectivity index (χ1) is 15.5. The minimum absolute atomic E-state index is 0.350. The highest BCUT2D eigenvalue weighted by atomic mass is 32.2. The number of pyridine rings is 2. The van der Waals surface area contributed by atoms with Gasteiger partial charge in [0.15, 0.2) is 0 Å². The van der Waals surface area contributed by atoms with Crippen LogP contribution in [-0.2, 0) is 0 Å². The third kappa shape index (κ3) is 3.65. The number of nitriles is 1. The van der Waals surface area contributed by atoms with E-state index >= 15 is 0 Å². The number of aliphatic hydroxyl groups excluding tert-OH is 2. The van der Waals surface area contributed by atoms with Gasteiger partial charge in [0.1, 0.15) is 11.9 Å². The molecule has 0 unspecified atom stereocenters. The largest absolute Gasteiger partial charge is 0.398 e. The number of nitrogens with zero attached hydrogens (tertiary/aromatic N) is 5. The number of benzene rings is 1. The average Bonchev–Trinajstić information content (AvgIpc) is 3.38. The number of hydrogen-bond donors (Lipinski definition) is 3. The molecule has 5 rings (SSSR count). The van der Waals surface area contributed by atoms with Crippen molar-refractivity contribution in [1.82, 2.24) is 14.6 Å². The molecular formula is C23H20N6O2S. The Labute approximate surface area is 188 Å². The van der Waals surface area contributed by atoms with Gasteiger partial charge in [0.05, 0.1) is 29.5 Å². The van der Waals surface area contributed by atoms with Crippen molar-refractivity contribution < 1.29 is 10.2 Å². The molecule has 0 saturated carbocycles. The van der Waals surface area contributed by atoms with Crippen LogP contribution in [0, 0.1) is 11.3 Å². The molecule has 1 aliphatic heterocycles. The lowest BCUT2D eigenvalue weighted by molar-refractivity contribution is 0.0572. The number of nitrogen functional groups attached to an aromatic ring is 1. The van der Waals surface area contributed by atoms with Gasteiger partial charge in [-0.3, -0.25) is 0 Å². The second-order valence-electron chi connectivity index (χ2n) is 7.64. The summed E-state index contributed by atoms with van der Waals surface area (Å²) in [5.41, 5.74) is 9.81. The first kappa shape index (κ1) is 20.3. The second kappa shape index (κ2) is 8.16. The van der Waals surface area contributed by atoms with Crippen LogP contribution in [0.5, 0.6) is 0 Å². The fourth-order valence-corrected chi connectivity index (χ4v) is 4.85. The van der Waals surface area contributed by atoms with Crippen molar-refractivity contribution in [2.75, 3.05) is 23.7 Å². The monoisotopic (exact) mass is 444 g/mol. The maximum Gasteiger partial charge on any atom is 0.128 e. The Balaban J connectivity index is 1.53. The highest BCUT2D eigenvalue weighted by molar-refractivity contribution is 7.99. The molecule has 3 aromatic heterocycles. The molecule has 0 amide bonds. The lowest BCUT2D eigenvalue weighted by Crippen LogP contribution is -2.22. The lowest BCUT2D eigenvalue weighted by Gasteiger charge is -2.16. The van der Waals surface area contributed by atoms with E-state index in [4.69, 9.17) is 5.73 Å². The van der Waals surface area contributed by atoms with E-state index in [0.29, 0.717) is 30.2 Å². The maximum absolute atomic E-state index is 9.79. The number of β-amino-alcohol motifs (C(OH)–C–C–N with tert-alkyl or cyclic N) is 2. The van der Waals surface area contributed by atoms with Crippen molar-refractivity contribution in [2.24, 2.45) is 0 Å². The number of nitrogens with two attached hydrogens (primary N) is 1. The summed E-state index contributed by atoms with van der Waals surface area (Å²) in [7, 11) is 0. The number of aromatic nitrogens is 3. The van der Waals surface area contributed by atoms with Crippen LogP contribution in [0.2, 0.25) is 0 Å². The van der Waals surface area contributed by atoms with Gasteiger partial charge in [0, 0.05) is 52.1 Å². The minimum Gasteiger partial charge on any atom is -0.398 e. The van der Waals surface area contributed by atoms with Gasteiger partial charge >= 0.3 is 0 Å². The number of aliphatic hydroxyl groups is 2. The van der Waals surface area contributed by atoms with E-state index in [1.54, 1.807) is 16.9 Å². The highest BCUT2D eigenvalue weighted by Gasteiger charge is 2.30. The number of fused-ring (bicyclic) bond motifs is 1. The van der Waals surface area contributed by atoms with E-state index in [9.17, 15) is 15.5 Å². The molecule has 0 radical (unpaired) electrons. The molecule has 1 fully saturated rings. The van der Waals surface area contributed by atoms with Gasteiger partial charge in [0.2, 0.25) is 0 Å². The first-order valence-corrected chi connectivity index (χ1v) is 10.9. The van der Waals surface area contributed by atoms with Gasteiger partial charge in [-0.15, -0.1) is 0 Å². The van der Waals surface area contributed by atoms with Crippen LogP contribution >= 0.6 is 11.8 Å². The van der Waals surface area contributed by atoms with Crippen molar-refractivity contribution in [1.29, 1.82) is 5.26 Å². The van der Waals surface area contributed by atoms with E-state index in [1.165, 1.54) is 11.8 Å². The standard InChI is InChI=1S/C23H20N6O2S/c24-8-16-10-27-29-11-15(7-21(23(16)29)32-20-4-2-1-3-17(20)25)14-5-6-22(26-9-14)28-12-18(30)19(31)13-28/h1-7,9-11,18-19,30-31H,12-13,25H2/t18-,19+. The van der Waals surface area contributed by atoms with Gasteiger partial charge in [-0.1, -0.05) is 23.9 Å². The zero-order valence-electron chi connectivity index (χ0n) is 17.0. The van der Waals surface area contributed by atoms with E-state index in [2.05, 4.69) is 16.2 Å². The summed E-state index contributed by atoms with van der Waals surface area (Å²) in [4.78, 5) is 8.15. The van der Waals surface area contributed by atoms with Gasteiger partial charge in [-0.2, -0.15) is 10.4 Å². The third-order valence-electron chi connectivity index (χ3n) is 5.50. The molecule has 0 aliphatic carbocycles. The Morgan fingerprint density at radius 2 is 1.81 bits per heavy atom. The molecule has 0 spiro atoms. The number of para-hydroxylation sites is 1. The van der Waals surface area contributed by atoms with Crippen molar-refractivity contribution in [2.45, 2.75) is 22.0 Å². The zero-order valence-corrected chi connectivity index (χ0v) is 17.8. The predicted octanol–water partition coefficient (Wildman–Crippen LogP) is 2.54. The summed E-state index contributed by atoms with van der Waals surface area (Å²) < 4.78 is 1.70. The Bertz CT molecular complexity index is 1320. The van der Waals surface area contributed by atoms with Crippen LogP contribution in [0.25, 0.3) is 16.6 Å². The lowest BCUT2D eigenvalue weighted by atomic mass is 10.1. The summed E-state index contributed by atoms with van der Waals surface area (Å²) in [6.07, 6.45) is 3.65. The Hall–Kier alpha value is -3.58. The summed E-state index contributed by atoms with van der Waals surface area (Å²) >= 11 is 1.49. The molecule has 2 atom stereocenters. The van der Waals surface area contributed by atoms with Gasteiger partial charge in [0.25, 0.3) is 0 Å². The van der Waals surface area contributed by atoms with Crippen molar-refractivity contribution in [3.8, 4) is 17.2 Å². The Morgan fingerprint density at radius 3 is 2.50 bits per heavy atom.